The number of hydrogen-bond donors (Lipinski definition) is 3. The molecule has 0 rings (SSSR count). The van der Waals surface area contributed by atoms with Crippen LogP contribution in [0, 0.1) is 0 Å². The van der Waals surface area contributed by atoms with Crippen molar-refractivity contribution in [2.75, 3.05) is 43.4 Å². The maximum Gasteiger partial charge on any atom is 0.265 e. The molecule has 0 aliphatic carbocycles. The number of rotatable bonds is 15. The fraction of sp³-hybridized carbons (Fsp3) is 1.00. The molecule has 0 aromatic carbocycles. The summed E-state index contributed by atoms with van der Waals surface area (Å²) in [5.41, 5.74) is 0. The van der Waals surface area contributed by atoms with Crippen LogP contribution in [0.1, 0.15) is 39.0 Å². The molecule has 0 bridgehead atoms. The Hall–Kier alpha value is -0.310. The second-order valence-corrected chi connectivity index (χ2v) is 11.2. The van der Waals surface area contributed by atoms with Gasteiger partial charge in [-0.25, -0.2) is 0 Å². The van der Waals surface area contributed by atoms with Gasteiger partial charge in [-0.05, 0) is 6.42 Å². The van der Waals surface area contributed by atoms with Gasteiger partial charge in [0.15, 0.2) is 0 Å². The summed E-state index contributed by atoms with van der Waals surface area (Å²) in [4.78, 5) is 0. The van der Waals surface area contributed by atoms with E-state index < -0.39 is 47.6 Å². The monoisotopic (exact) mass is 440 g/mol. The average molecular weight is 441 g/mol. The molecule has 0 unspecified atom stereocenters. The molecule has 10 nitrogen and oxygen atoms in total. The first-order valence-corrected chi connectivity index (χ1v) is 13.2. The van der Waals surface area contributed by atoms with Crippen LogP contribution in [-0.2, 0) is 30.4 Å². The highest BCUT2D eigenvalue weighted by atomic mass is 32.2. The molecular formula is C13H30NO9S3+. The Morgan fingerprint density at radius 1 is 0.577 bits per heavy atom. The minimum absolute atomic E-state index is 0.125. The van der Waals surface area contributed by atoms with Crippen molar-refractivity contribution in [3.05, 3.63) is 0 Å². The van der Waals surface area contributed by atoms with Crippen molar-refractivity contribution in [1.82, 2.24) is 0 Å². The van der Waals surface area contributed by atoms with Crippen LogP contribution in [0.3, 0.4) is 0 Å². The molecule has 0 radical (unpaired) electrons. The Balaban J connectivity index is 5.17. The van der Waals surface area contributed by atoms with Gasteiger partial charge < -0.3 is 4.48 Å². The van der Waals surface area contributed by atoms with Crippen LogP contribution in [0.5, 0.6) is 0 Å². The molecule has 26 heavy (non-hydrogen) atoms. The summed E-state index contributed by atoms with van der Waals surface area (Å²) in [5.74, 6) is -1.35. The number of hydrogen-bond acceptors (Lipinski definition) is 6. The molecule has 0 aromatic heterocycles. The van der Waals surface area contributed by atoms with Gasteiger partial charge in [-0.2, -0.15) is 25.3 Å². The third-order valence-corrected chi connectivity index (χ3v) is 6.50. The summed E-state index contributed by atoms with van der Waals surface area (Å²) in [5, 5.41) is 0. The van der Waals surface area contributed by atoms with E-state index in [2.05, 4.69) is 0 Å². The van der Waals surface area contributed by atoms with E-state index in [1.54, 1.807) is 0 Å². The Labute approximate surface area is 156 Å². The second kappa shape index (κ2) is 10.9. The average Bonchev–Trinajstić information content (AvgIpc) is 2.40. The van der Waals surface area contributed by atoms with Crippen LogP contribution >= 0.6 is 0 Å². The molecule has 0 amide bonds. The summed E-state index contributed by atoms with van der Waals surface area (Å²) in [6, 6.07) is 0. The third kappa shape index (κ3) is 14.8. The molecule has 158 valence electrons. The first-order chi connectivity index (χ1) is 11.7. The normalized spacial score (nSPS) is 13.8. The van der Waals surface area contributed by atoms with Crippen LogP contribution in [0.4, 0.5) is 0 Å². The van der Waals surface area contributed by atoms with Crippen LogP contribution in [0.25, 0.3) is 0 Å². The van der Waals surface area contributed by atoms with Crippen molar-refractivity contribution in [3.8, 4) is 0 Å². The highest BCUT2D eigenvalue weighted by molar-refractivity contribution is 7.86. The summed E-state index contributed by atoms with van der Waals surface area (Å²) < 4.78 is 92.6. The predicted octanol–water partition coefficient (Wildman–Crippen LogP) is 0.437. The van der Waals surface area contributed by atoms with Gasteiger partial charge in [0.05, 0.1) is 43.4 Å². The Morgan fingerprint density at radius 2 is 0.846 bits per heavy atom. The van der Waals surface area contributed by atoms with Crippen molar-refractivity contribution < 1.29 is 43.4 Å². The third-order valence-electron chi connectivity index (χ3n) is 4.09. The molecule has 0 saturated heterocycles. The zero-order valence-electron chi connectivity index (χ0n) is 14.9. The molecule has 0 spiro atoms. The highest BCUT2D eigenvalue weighted by Gasteiger charge is 2.28. The number of nitrogens with zero attached hydrogens (tertiary/aromatic N) is 1. The molecule has 0 aliphatic heterocycles. The second-order valence-electron chi connectivity index (χ2n) is 6.51. The molecular weight excluding hydrogens is 410 g/mol. The zero-order chi connectivity index (χ0) is 20.5. The smallest absolute Gasteiger partial charge is 0.265 e. The molecule has 0 heterocycles. The van der Waals surface area contributed by atoms with Crippen molar-refractivity contribution in [3.63, 3.8) is 0 Å². The van der Waals surface area contributed by atoms with Crippen LogP contribution in [0.15, 0.2) is 0 Å². The van der Waals surface area contributed by atoms with E-state index in [1.807, 2.05) is 6.92 Å². The van der Waals surface area contributed by atoms with Crippen LogP contribution < -0.4 is 0 Å². The van der Waals surface area contributed by atoms with E-state index in [0.717, 1.165) is 12.8 Å². The quantitative estimate of drug-likeness (QED) is 0.242. The summed E-state index contributed by atoms with van der Waals surface area (Å²) >= 11 is 0. The van der Waals surface area contributed by atoms with Gasteiger partial charge in [0.2, 0.25) is 0 Å². The van der Waals surface area contributed by atoms with E-state index in [9.17, 15) is 25.3 Å². The van der Waals surface area contributed by atoms with Gasteiger partial charge in [-0.1, -0.05) is 13.3 Å². The largest absolute Gasteiger partial charge is 0.324 e. The van der Waals surface area contributed by atoms with Gasteiger partial charge in [0.1, 0.15) is 0 Å². The standard InChI is InChI=1S/C13H29NO9S3/c1-2-3-7-14(8-4-11-24(15,16)17,9-5-12-25(18,19)20)10-6-13-26(21,22)23/h2-13H2,1H3,(H2-,15,16,17,18,19,20,21,22,23)/p+1. The topological polar surface area (TPSA) is 163 Å². The SMILES string of the molecule is CCCC[N+](CCCS(=O)(=O)O)(CCCS(=O)(=O)O)CCCS(=O)(=O)O. The molecule has 0 aliphatic rings. The minimum Gasteiger partial charge on any atom is -0.324 e. The van der Waals surface area contributed by atoms with E-state index in [-0.39, 0.29) is 23.7 Å². The molecule has 0 aromatic rings. The van der Waals surface area contributed by atoms with Gasteiger partial charge in [0, 0.05) is 19.3 Å². The van der Waals surface area contributed by atoms with Crippen molar-refractivity contribution >= 4 is 30.4 Å². The van der Waals surface area contributed by atoms with E-state index in [4.69, 9.17) is 13.7 Å². The van der Waals surface area contributed by atoms with Gasteiger partial charge in [-0.15, -0.1) is 0 Å². The van der Waals surface area contributed by atoms with E-state index >= 15 is 0 Å². The maximum absolute atomic E-state index is 10.9. The molecule has 0 atom stereocenters. The maximum atomic E-state index is 10.9. The van der Waals surface area contributed by atoms with Gasteiger partial charge in [0.25, 0.3) is 30.4 Å². The predicted molar refractivity (Wildman–Crippen MR) is 97.7 cm³/mol. The molecule has 0 saturated carbocycles. The summed E-state index contributed by atoms with van der Waals surface area (Å²) in [7, 11) is -12.4. The summed E-state index contributed by atoms with van der Waals surface area (Å²) in [6.45, 7) is 3.42. The highest BCUT2D eigenvalue weighted by Crippen LogP contribution is 2.16. The van der Waals surface area contributed by atoms with Crippen molar-refractivity contribution in [2.24, 2.45) is 0 Å². The lowest BCUT2D eigenvalue weighted by molar-refractivity contribution is -0.928. The first-order valence-electron chi connectivity index (χ1n) is 8.39. The number of unbranched alkanes of at least 4 members (excludes halogenated alkanes) is 1. The lowest BCUT2D eigenvalue weighted by atomic mass is 10.2. The Kier molecular flexibility index (Phi) is 10.7. The lowest BCUT2D eigenvalue weighted by Gasteiger charge is -2.39. The molecule has 0 fully saturated rings. The molecule has 13 heteroatoms. The van der Waals surface area contributed by atoms with Crippen molar-refractivity contribution in [1.29, 1.82) is 0 Å². The fourth-order valence-corrected chi connectivity index (χ4v) is 4.39. The lowest BCUT2D eigenvalue weighted by Crippen LogP contribution is -2.51. The first kappa shape index (κ1) is 25.7. The van der Waals surface area contributed by atoms with E-state index in [1.165, 1.54) is 0 Å². The minimum atomic E-state index is -4.14. The van der Waals surface area contributed by atoms with Crippen LogP contribution in [-0.4, -0.2) is 86.8 Å². The Bertz CT molecular complexity index is 621. The molecule has 3 N–H and O–H groups in total. The van der Waals surface area contributed by atoms with Crippen LogP contribution in [0.2, 0.25) is 0 Å². The number of quaternary nitrogens is 1. The van der Waals surface area contributed by atoms with E-state index in [0.29, 0.717) is 26.2 Å². The van der Waals surface area contributed by atoms with Gasteiger partial charge >= 0.3 is 0 Å². The fourth-order valence-electron chi connectivity index (χ4n) is 2.91. The van der Waals surface area contributed by atoms with Gasteiger partial charge in [-0.3, -0.25) is 13.7 Å². The summed E-state index contributed by atoms with van der Waals surface area (Å²) in [6.07, 6.45) is 1.96. The Morgan fingerprint density at radius 3 is 1.08 bits per heavy atom. The van der Waals surface area contributed by atoms with Crippen molar-refractivity contribution in [2.45, 2.75) is 39.0 Å². The zero-order valence-corrected chi connectivity index (χ0v) is 17.4.